The highest BCUT2D eigenvalue weighted by molar-refractivity contribution is 7.17. The lowest BCUT2D eigenvalue weighted by molar-refractivity contribution is 0.177. The van der Waals surface area contributed by atoms with E-state index in [0.717, 1.165) is 5.56 Å². The van der Waals surface area contributed by atoms with E-state index in [1.807, 2.05) is 0 Å². The van der Waals surface area contributed by atoms with Crippen LogP contribution in [0.25, 0.3) is 10.1 Å². The van der Waals surface area contributed by atoms with Crippen molar-refractivity contribution < 1.29 is 5.11 Å². The van der Waals surface area contributed by atoms with Crippen molar-refractivity contribution in [3.05, 3.63) is 69.6 Å². The number of aliphatic hydroxyl groups is 1. The SMILES string of the molecule is Cc1cc(C)c(C(O)Cc2csc3ccccc23)c(C)c1. The molecule has 3 rings (SSSR count). The highest BCUT2D eigenvalue weighted by Crippen LogP contribution is 2.31. The highest BCUT2D eigenvalue weighted by Gasteiger charge is 2.16. The zero-order valence-corrected chi connectivity index (χ0v) is 13.5. The molecule has 0 aliphatic heterocycles. The Morgan fingerprint density at radius 2 is 1.71 bits per heavy atom. The molecular formula is C19H20OS. The summed E-state index contributed by atoms with van der Waals surface area (Å²) in [4.78, 5) is 0. The molecule has 2 heteroatoms. The van der Waals surface area contributed by atoms with E-state index in [1.54, 1.807) is 11.3 Å². The van der Waals surface area contributed by atoms with Crippen LogP contribution in [0.3, 0.4) is 0 Å². The molecule has 0 fully saturated rings. The summed E-state index contributed by atoms with van der Waals surface area (Å²) in [5, 5.41) is 14.1. The van der Waals surface area contributed by atoms with Gasteiger partial charge in [0.05, 0.1) is 6.10 Å². The summed E-state index contributed by atoms with van der Waals surface area (Å²) in [5.41, 5.74) is 5.93. The van der Waals surface area contributed by atoms with E-state index < -0.39 is 6.10 Å². The number of hydrogen-bond acceptors (Lipinski definition) is 2. The molecule has 1 nitrogen and oxygen atoms in total. The summed E-state index contributed by atoms with van der Waals surface area (Å²) >= 11 is 1.75. The fourth-order valence-electron chi connectivity index (χ4n) is 3.22. The van der Waals surface area contributed by atoms with Crippen molar-refractivity contribution in [2.75, 3.05) is 0 Å². The van der Waals surface area contributed by atoms with E-state index in [1.165, 1.54) is 32.3 Å². The first-order valence-electron chi connectivity index (χ1n) is 7.27. The summed E-state index contributed by atoms with van der Waals surface area (Å²) in [6.07, 6.45) is 0.234. The van der Waals surface area contributed by atoms with E-state index in [0.29, 0.717) is 6.42 Å². The van der Waals surface area contributed by atoms with Crippen LogP contribution in [0.2, 0.25) is 0 Å². The molecule has 0 saturated carbocycles. The van der Waals surface area contributed by atoms with E-state index in [9.17, 15) is 5.11 Å². The monoisotopic (exact) mass is 296 g/mol. The Kier molecular flexibility index (Phi) is 3.83. The molecule has 0 bridgehead atoms. The average Bonchev–Trinajstić information content (AvgIpc) is 2.81. The first kappa shape index (κ1) is 14.3. The van der Waals surface area contributed by atoms with Gasteiger partial charge in [0.2, 0.25) is 0 Å². The van der Waals surface area contributed by atoms with Crippen LogP contribution in [-0.2, 0) is 6.42 Å². The number of hydrogen-bond donors (Lipinski definition) is 1. The summed E-state index contributed by atoms with van der Waals surface area (Å²) in [7, 11) is 0. The minimum Gasteiger partial charge on any atom is -0.388 e. The van der Waals surface area contributed by atoms with Gasteiger partial charge in [-0.1, -0.05) is 35.9 Å². The van der Waals surface area contributed by atoms with Gasteiger partial charge in [-0.05, 0) is 59.9 Å². The van der Waals surface area contributed by atoms with Crippen molar-refractivity contribution in [2.45, 2.75) is 33.3 Å². The smallest absolute Gasteiger partial charge is 0.0836 e. The van der Waals surface area contributed by atoms with Crippen molar-refractivity contribution >= 4 is 21.4 Å². The second kappa shape index (κ2) is 5.63. The molecule has 3 aromatic rings. The van der Waals surface area contributed by atoms with Gasteiger partial charge in [-0.3, -0.25) is 0 Å². The predicted molar refractivity (Wildman–Crippen MR) is 91.1 cm³/mol. The zero-order valence-electron chi connectivity index (χ0n) is 12.7. The first-order chi connectivity index (χ1) is 10.1. The molecule has 1 atom stereocenters. The second-order valence-electron chi connectivity index (χ2n) is 5.79. The summed E-state index contributed by atoms with van der Waals surface area (Å²) in [6, 6.07) is 12.7. The van der Waals surface area contributed by atoms with Crippen LogP contribution in [0.4, 0.5) is 0 Å². The van der Waals surface area contributed by atoms with E-state index in [-0.39, 0.29) is 0 Å². The Morgan fingerprint density at radius 1 is 1.05 bits per heavy atom. The van der Waals surface area contributed by atoms with Gasteiger partial charge in [0.1, 0.15) is 0 Å². The van der Waals surface area contributed by atoms with Crippen molar-refractivity contribution in [1.29, 1.82) is 0 Å². The van der Waals surface area contributed by atoms with Crippen LogP contribution in [-0.4, -0.2) is 5.11 Å². The lowest BCUT2D eigenvalue weighted by atomic mass is 9.92. The van der Waals surface area contributed by atoms with Gasteiger partial charge in [-0.2, -0.15) is 0 Å². The van der Waals surface area contributed by atoms with Gasteiger partial charge in [0.25, 0.3) is 0 Å². The van der Waals surface area contributed by atoms with Crippen molar-refractivity contribution in [2.24, 2.45) is 0 Å². The number of aliphatic hydroxyl groups excluding tert-OH is 1. The van der Waals surface area contributed by atoms with Crippen LogP contribution in [0, 0.1) is 20.8 Å². The fourth-order valence-corrected chi connectivity index (χ4v) is 4.19. The third-order valence-electron chi connectivity index (χ3n) is 4.05. The first-order valence-corrected chi connectivity index (χ1v) is 8.15. The minimum absolute atomic E-state index is 0.441. The quantitative estimate of drug-likeness (QED) is 0.712. The Morgan fingerprint density at radius 3 is 2.43 bits per heavy atom. The van der Waals surface area contributed by atoms with Gasteiger partial charge >= 0.3 is 0 Å². The van der Waals surface area contributed by atoms with Crippen LogP contribution < -0.4 is 0 Å². The topological polar surface area (TPSA) is 20.2 Å². The minimum atomic E-state index is -0.441. The molecule has 0 aliphatic rings. The van der Waals surface area contributed by atoms with Crippen molar-refractivity contribution in [1.82, 2.24) is 0 Å². The average molecular weight is 296 g/mol. The van der Waals surface area contributed by atoms with E-state index >= 15 is 0 Å². The predicted octanol–water partition coefficient (Wildman–Crippen LogP) is 5.10. The normalized spacial score (nSPS) is 12.8. The number of rotatable bonds is 3. The van der Waals surface area contributed by atoms with Crippen molar-refractivity contribution in [3.8, 4) is 0 Å². The van der Waals surface area contributed by atoms with Crippen molar-refractivity contribution in [3.63, 3.8) is 0 Å². The lowest BCUT2D eigenvalue weighted by Crippen LogP contribution is -2.06. The number of fused-ring (bicyclic) bond motifs is 1. The standard InChI is InChI=1S/C19H20OS/c1-12-8-13(2)19(14(3)9-12)17(20)10-15-11-21-18-7-5-4-6-16(15)18/h4-9,11,17,20H,10H2,1-3H3. The van der Waals surface area contributed by atoms with E-state index in [4.69, 9.17) is 0 Å². The summed E-state index contributed by atoms with van der Waals surface area (Å²) in [5.74, 6) is 0. The molecule has 108 valence electrons. The Hall–Kier alpha value is -1.64. The molecule has 0 amide bonds. The molecule has 2 aromatic carbocycles. The Balaban J connectivity index is 1.95. The maximum absolute atomic E-state index is 10.7. The largest absolute Gasteiger partial charge is 0.388 e. The molecule has 0 saturated heterocycles. The zero-order chi connectivity index (χ0) is 15.0. The van der Waals surface area contributed by atoms with Gasteiger partial charge in [0, 0.05) is 11.1 Å². The maximum atomic E-state index is 10.7. The molecular weight excluding hydrogens is 276 g/mol. The number of aryl methyl sites for hydroxylation is 3. The molecule has 0 aliphatic carbocycles. The molecule has 1 N–H and O–H groups in total. The maximum Gasteiger partial charge on any atom is 0.0836 e. The number of thiophene rings is 1. The third kappa shape index (κ3) is 2.74. The molecule has 0 spiro atoms. The van der Waals surface area contributed by atoms with Gasteiger partial charge < -0.3 is 5.11 Å². The Labute approximate surface area is 129 Å². The fraction of sp³-hybridized carbons (Fsp3) is 0.263. The summed E-state index contributed by atoms with van der Waals surface area (Å²) < 4.78 is 1.29. The molecule has 1 unspecified atom stereocenters. The van der Waals surface area contributed by atoms with Gasteiger partial charge in [-0.25, -0.2) is 0 Å². The third-order valence-corrected chi connectivity index (χ3v) is 5.06. The van der Waals surface area contributed by atoms with E-state index in [2.05, 4.69) is 62.5 Å². The molecule has 1 heterocycles. The Bertz CT molecular complexity index is 762. The molecule has 21 heavy (non-hydrogen) atoms. The van der Waals surface area contributed by atoms with Crippen LogP contribution in [0.15, 0.2) is 41.8 Å². The molecule has 1 aromatic heterocycles. The summed E-state index contributed by atoms with van der Waals surface area (Å²) in [6.45, 7) is 6.27. The number of benzene rings is 2. The van der Waals surface area contributed by atoms with Gasteiger partial charge in [0.15, 0.2) is 0 Å². The van der Waals surface area contributed by atoms with Crippen LogP contribution in [0.1, 0.15) is 33.9 Å². The van der Waals surface area contributed by atoms with Crippen LogP contribution in [0.5, 0.6) is 0 Å². The lowest BCUT2D eigenvalue weighted by Gasteiger charge is -2.17. The second-order valence-corrected chi connectivity index (χ2v) is 6.70. The molecule has 0 radical (unpaired) electrons. The van der Waals surface area contributed by atoms with Gasteiger partial charge in [-0.15, -0.1) is 11.3 Å². The highest BCUT2D eigenvalue weighted by atomic mass is 32.1. The van der Waals surface area contributed by atoms with Crippen LogP contribution >= 0.6 is 11.3 Å².